The molecule has 10 rings (SSSR count). The van der Waals surface area contributed by atoms with Crippen LogP contribution < -0.4 is 31.2 Å². The van der Waals surface area contributed by atoms with Crippen LogP contribution in [0, 0.1) is 11.8 Å². The van der Waals surface area contributed by atoms with Gasteiger partial charge in [0.15, 0.2) is 17.9 Å². The fraction of sp³-hybridized carbons (Fsp3) is 0.379. The Morgan fingerprint density at radius 1 is 0.817 bits per heavy atom. The first-order chi connectivity index (χ1) is 39.4. The minimum absolute atomic E-state index is 0.0359. The number of methoxy groups -OCH3 is 1. The Kier molecular flexibility index (Phi) is 16.3. The number of aliphatic hydroxyl groups is 3. The van der Waals surface area contributed by atoms with Crippen LogP contribution in [0.15, 0.2) is 95.4 Å². The maximum atomic E-state index is 14.1. The van der Waals surface area contributed by atoms with Gasteiger partial charge in [0, 0.05) is 73.0 Å². The number of ether oxygens (including phenoxy) is 5. The highest BCUT2D eigenvalue weighted by molar-refractivity contribution is 6.31. The average molecular weight is 1130 g/mol. The summed E-state index contributed by atoms with van der Waals surface area (Å²) in [4.78, 5) is 88.6. The number of rotatable bonds is 13. The normalized spacial score (nSPS) is 25.7. The number of aliphatic hydroxyl groups excluding tert-OH is 2. The molecule has 0 bridgehead atoms. The van der Waals surface area contributed by atoms with E-state index in [1.165, 1.54) is 51.3 Å². The number of alkyl carbamates (subject to hydrolysis) is 1. The van der Waals surface area contributed by atoms with Gasteiger partial charge in [0.25, 0.3) is 0 Å². The lowest BCUT2D eigenvalue weighted by Gasteiger charge is -2.42. The number of hydrogen-bond acceptors (Lipinski definition) is 21. The zero-order chi connectivity index (χ0) is 58.1. The number of carbonyl (C=O) groups is 6. The summed E-state index contributed by atoms with van der Waals surface area (Å²) in [7, 11) is 1.29. The zero-order valence-electron chi connectivity index (χ0n) is 44.7. The molecule has 428 valence electrons. The van der Waals surface area contributed by atoms with E-state index in [0.29, 0.717) is 54.0 Å². The van der Waals surface area contributed by atoms with Crippen molar-refractivity contribution >= 4 is 52.6 Å². The summed E-state index contributed by atoms with van der Waals surface area (Å²) in [6, 6.07) is 17.6. The zero-order valence-corrected chi connectivity index (χ0v) is 44.7. The molecule has 2 aromatic heterocycles. The van der Waals surface area contributed by atoms with Gasteiger partial charge in [-0.1, -0.05) is 30.3 Å². The molecule has 2 aliphatic heterocycles. The molecule has 1 saturated carbocycles. The predicted octanol–water partition coefficient (Wildman–Crippen LogP) is 4.22. The van der Waals surface area contributed by atoms with Gasteiger partial charge in [-0.05, 0) is 80.6 Å². The number of fused-ring (bicyclic) bond motifs is 4. The van der Waals surface area contributed by atoms with E-state index in [1.54, 1.807) is 36.7 Å². The lowest BCUT2D eigenvalue weighted by Crippen LogP contribution is -2.56. The highest BCUT2D eigenvalue weighted by Gasteiger charge is 2.51. The largest absolute Gasteiger partial charge is 0.507 e. The first kappa shape index (κ1) is 56.7. The van der Waals surface area contributed by atoms with Crippen LogP contribution in [0.1, 0.15) is 118 Å². The predicted molar refractivity (Wildman–Crippen MR) is 290 cm³/mol. The van der Waals surface area contributed by atoms with Crippen molar-refractivity contribution in [1.29, 1.82) is 0 Å². The molecule has 24 heteroatoms. The third-order valence-electron chi connectivity index (χ3n) is 15.7. The summed E-state index contributed by atoms with van der Waals surface area (Å²) in [6.07, 6.45) is -2.98. The molecule has 0 radical (unpaired) electrons. The fourth-order valence-electron chi connectivity index (χ4n) is 11.6. The summed E-state index contributed by atoms with van der Waals surface area (Å²) in [5.74, 6) is -4.55. The van der Waals surface area contributed by atoms with E-state index >= 15 is 0 Å². The molecule has 0 spiro atoms. The number of Topliss-reactive ketones (excluding diaryl/α,β-unsaturated/α-hetero) is 1. The van der Waals surface area contributed by atoms with Gasteiger partial charge in [-0.3, -0.25) is 29.1 Å². The second-order valence-electron chi connectivity index (χ2n) is 20.9. The Labute approximate surface area is 468 Å². The Morgan fingerprint density at radius 2 is 1.52 bits per heavy atom. The van der Waals surface area contributed by atoms with Crippen molar-refractivity contribution in [2.75, 3.05) is 19.0 Å². The summed E-state index contributed by atoms with van der Waals surface area (Å²) in [5.41, 5.74) is 6.22. The van der Waals surface area contributed by atoms with Crippen molar-refractivity contribution in [3.63, 3.8) is 0 Å². The van der Waals surface area contributed by atoms with Crippen LogP contribution in [0.2, 0.25) is 0 Å². The van der Waals surface area contributed by atoms with Gasteiger partial charge in [0.1, 0.15) is 47.9 Å². The lowest BCUT2D eigenvalue weighted by molar-refractivity contribution is -0.249. The number of ketones is 3. The number of benzene rings is 3. The second kappa shape index (κ2) is 23.5. The van der Waals surface area contributed by atoms with E-state index in [9.17, 15) is 54.3 Å². The molecule has 82 heavy (non-hydrogen) atoms. The number of amides is 3. The van der Waals surface area contributed by atoms with Crippen LogP contribution in [0.3, 0.4) is 0 Å². The van der Waals surface area contributed by atoms with Gasteiger partial charge in [0.2, 0.25) is 11.7 Å². The number of anilines is 1. The monoisotopic (exact) mass is 1120 g/mol. The van der Waals surface area contributed by atoms with Crippen LogP contribution in [0.25, 0.3) is 0 Å². The number of hydrogen-bond donors (Lipinski definition) is 9. The smallest absolute Gasteiger partial charge is 0.412 e. The molecule has 10 N–H and O–H groups in total. The van der Waals surface area contributed by atoms with Crippen molar-refractivity contribution in [3.8, 4) is 23.0 Å². The van der Waals surface area contributed by atoms with E-state index in [2.05, 4.69) is 36.1 Å². The van der Waals surface area contributed by atoms with Crippen molar-refractivity contribution < 1.29 is 78.0 Å². The van der Waals surface area contributed by atoms with Gasteiger partial charge >= 0.3 is 12.2 Å². The maximum Gasteiger partial charge on any atom is 0.412 e. The number of nitrogens with zero attached hydrogens (tertiary/aromatic N) is 4. The number of aromatic nitrogens is 2. The highest BCUT2D eigenvalue weighted by Crippen LogP contribution is 2.53. The molecule has 3 aromatic carbocycles. The molecule has 10 atom stereocenters. The molecule has 3 aliphatic carbocycles. The average Bonchev–Trinajstić information content (AvgIpc) is 1.34. The third-order valence-corrected chi connectivity index (χ3v) is 15.7. The lowest BCUT2D eigenvalue weighted by atomic mass is 9.72. The van der Waals surface area contributed by atoms with Crippen molar-refractivity contribution in [3.05, 3.63) is 136 Å². The maximum absolute atomic E-state index is 14.1. The van der Waals surface area contributed by atoms with Crippen LogP contribution >= 0.6 is 0 Å². The minimum atomic E-state index is -2.40. The van der Waals surface area contributed by atoms with Crippen molar-refractivity contribution in [1.82, 2.24) is 20.6 Å². The molecule has 3 amide bonds. The molecule has 24 nitrogen and oxygen atoms in total. The van der Waals surface area contributed by atoms with E-state index in [4.69, 9.17) is 29.4 Å². The highest BCUT2D eigenvalue weighted by atomic mass is 16.7. The molecule has 5 aliphatic rings. The SMILES string of the molecule is COc1cccc2c1C(=O)c1c(O)c3c(c(O)c1C2=O)C[C@@](O)(C(=O)CO)C[C@@H]3O[C@H]1CC(NC(=O)OCc2ccc(OC(=O)NC3CCC4C(c5ccc(NC(C)=O)cn5)=NN=C(c5ccccn5)C4CCC3N)cc2)[C@H](O)C(C)O1. The van der Waals surface area contributed by atoms with Gasteiger partial charge in [-0.2, -0.15) is 10.2 Å². The molecule has 2 fully saturated rings. The minimum Gasteiger partial charge on any atom is -0.507 e. The number of pyridine rings is 2. The van der Waals surface area contributed by atoms with E-state index in [0.717, 1.165) is 5.71 Å². The summed E-state index contributed by atoms with van der Waals surface area (Å²) in [5, 5.41) is 73.9. The molecule has 1 saturated heterocycles. The number of aromatic hydroxyl groups is 2. The Morgan fingerprint density at radius 3 is 2.20 bits per heavy atom. The van der Waals surface area contributed by atoms with Crippen molar-refractivity contribution in [2.24, 2.45) is 27.8 Å². The van der Waals surface area contributed by atoms with E-state index in [1.807, 2.05) is 18.2 Å². The summed E-state index contributed by atoms with van der Waals surface area (Å²) in [6.45, 7) is 1.55. The van der Waals surface area contributed by atoms with Crippen LogP contribution in [-0.2, 0) is 36.8 Å². The molecule has 6 unspecified atom stereocenters. The van der Waals surface area contributed by atoms with Crippen LogP contribution in [0.5, 0.6) is 23.0 Å². The van der Waals surface area contributed by atoms with Gasteiger partial charge in [0.05, 0.1) is 76.7 Å². The van der Waals surface area contributed by atoms with Gasteiger partial charge < -0.3 is 70.9 Å². The molecular formula is C58H60N8O16. The third kappa shape index (κ3) is 11.3. The molecule has 5 aromatic rings. The number of phenols is 2. The molecular weight excluding hydrogens is 1060 g/mol. The standard InChI is InChI=1S/C58H60N8O16/c1-27-51(70)40(21-44(80-27)82-42-23-58(77,43(69)25-67)22-35-46(42)55(74)48-47(53(35)72)52(71)34-7-6-9-41(78-3)45(34)54(48)73)64-56(75)79-26-29-10-13-31(14-11-29)81-57(76)63-37-19-16-33-32(15-17-36(37)59)49(38-8-4-5-20-60-38)65-66-50(33)39-18-12-30(24-61-39)62-28(2)68/h4-14,18,20,24,27,32-33,36-37,40,42,44,51,67,70,72,74,77H,15-17,19,21-23,25-26,59H2,1-3H3,(H,62,68)(H,63,76)(H,64,75)/t27?,32?,33?,36?,37?,40?,42-,44-,51+,58-/m0/s1. The van der Waals surface area contributed by atoms with Crippen LogP contribution in [-0.4, -0.2) is 138 Å². The van der Waals surface area contributed by atoms with Gasteiger partial charge in [-0.25, -0.2) is 9.59 Å². The number of phenolic OH excluding ortho intramolecular Hbond substituents is 2. The number of nitrogens with two attached hydrogens (primary N) is 1. The molecule has 4 heterocycles. The first-order valence-corrected chi connectivity index (χ1v) is 26.7. The Hall–Kier alpha value is -8.52. The number of carbonyl (C=O) groups excluding carboxylic acids is 6. The van der Waals surface area contributed by atoms with Crippen molar-refractivity contribution in [2.45, 2.75) is 114 Å². The van der Waals surface area contributed by atoms with Gasteiger partial charge in [-0.15, -0.1) is 0 Å². The summed E-state index contributed by atoms with van der Waals surface area (Å²) < 4.78 is 28.7. The first-order valence-electron chi connectivity index (χ1n) is 26.7. The van der Waals surface area contributed by atoms with Crippen LogP contribution in [0.4, 0.5) is 15.3 Å². The Balaban J connectivity index is 0.763. The topological polar surface area (TPSA) is 362 Å². The fourth-order valence-corrected chi connectivity index (χ4v) is 11.6. The Bertz CT molecular complexity index is 3400. The second-order valence-corrected chi connectivity index (χ2v) is 20.9. The van der Waals surface area contributed by atoms with E-state index in [-0.39, 0.29) is 64.5 Å². The van der Waals surface area contributed by atoms with E-state index < -0.39 is 120 Å². The quantitative estimate of drug-likeness (QED) is 0.0731. The number of nitrogens with one attached hydrogen (secondary N) is 3. The summed E-state index contributed by atoms with van der Waals surface area (Å²) >= 11 is 0.